The van der Waals surface area contributed by atoms with Crippen molar-refractivity contribution in [2.45, 2.75) is 25.8 Å². The molecule has 2 aromatic rings. The molecule has 4 heteroatoms. The Balaban J connectivity index is 1.87. The smallest absolute Gasteiger partial charge is 0.133 e. The largest absolute Gasteiger partial charge is 0.321 e. The molecule has 0 saturated carbocycles. The van der Waals surface area contributed by atoms with Crippen molar-refractivity contribution in [2.75, 3.05) is 6.54 Å². The van der Waals surface area contributed by atoms with Crippen LogP contribution in [0.4, 0.5) is 0 Å². The molecular formula is C14H20N4. The topological polar surface area (TPSA) is 42.7 Å². The van der Waals surface area contributed by atoms with Crippen LogP contribution in [0.3, 0.4) is 0 Å². The number of nitrogens with one attached hydrogen (secondary N) is 1. The summed E-state index contributed by atoms with van der Waals surface area (Å²) >= 11 is 0. The number of nitrogens with zero attached hydrogens (tertiary/aromatic N) is 3. The Morgan fingerprint density at radius 3 is 2.67 bits per heavy atom. The van der Waals surface area contributed by atoms with Crippen LogP contribution in [0.2, 0.25) is 0 Å². The molecule has 1 atom stereocenters. The van der Waals surface area contributed by atoms with E-state index in [0.717, 1.165) is 25.2 Å². The highest BCUT2D eigenvalue weighted by Crippen LogP contribution is 2.15. The quantitative estimate of drug-likeness (QED) is 0.846. The lowest BCUT2D eigenvalue weighted by Gasteiger charge is -2.17. The van der Waals surface area contributed by atoms with Crippen molar-refractivity contribution in [1.82, 2.24) is 20.1 Å². The van der Waals surface area contributed by atoms with Gasteiger partial charge in [-0.3, -0.25) is 0 Å². The minimum atomic E-state index is 0.416. The van der Waals surface area contributed by atoms with E-state index in [9.17, 15) is 0 Å². The molecule has 1 aromatic carbocycles. The van der Waals surface area contributed by atoms with Crippen molar-refractivity contribution in [3.05, 3.63) is 48.0 Å². The van der Waals surface area contributed by atoms with E-state index in [1.807, 2.05) is 11.6 Å². The second-order valence-electron chi connectivity index (χ2n) is 4.43. The third kappa shape index (κ3) is 3.17. The lowest BCUT2D eigenvalue weighted by molar-refractivity contribution is 0.515. The first-order valence-corrected chi connectivity index (χ1v) is 6.42. The van der Waals surface area contributed by atoms with Crippen LogP contribution in [0, 0.1) is 0 Å². The molecule has 1 aromatic heterocycles. The van der Waals surface area contributed by atoms with Crippen molar-refractivity contribution < 1.29 is 0 Å². The SMILES string of the molecule is CCC(NCCc1nncn1C)c1ccccc1. The zero-order chi connectivity index (χ0) is 12.8. The van der Waals surface area contributed by atoms with Gasteiger partial charge >= 0.3 is 0 Å². The maximum Gasteiger partial charge on any atom is 0.133 e. The van der Waals surface area contributed by atoms with E-state index in [4.69, 9.17) is 0 Å². The summed E-state index contributed by atoms with van der Waals surface area (Å²) in [6.07, 6.45) is 3.73. The van der Waals surface area contributed by atoms with Gasteiger partial charge < -0.3 is 9.88 Å². The van der Waals surface area contributed by atoms with Crippen LogP contribution < -0.4 is 5.32 Å². The molecular weight excluding hydrogens is 224 g/mol. The summed E-state index contributed by atoms with van der Waals surface area (Å²) in [7, 11) is 1.98. The van der Waals surface area contributed by atoms with Crippen LogP contribution in [0.1, 0.15) is 30.8 Å². The van der Waals surface area contributed by atoms with Crippen molar-refractivity contribution >= 4 is 0 Å². The molecule has 0 amide bonds. The molecule has 0 bridgehead atoms. The van der Waals surface area contributed by atoms with Gasteiger partial charge in [0.25, 0.3) is 0 Å². The Kier molecular flexibility index (Phi) is 4.47. The molecule has 1 unspecified atom stereocenters. The fraction of sp³-hybridized carbons (Fsp3) is 0.429. The number of hydrogen-bond donors (Lipinski definition) is 1. The highest BCUT2D eigenvalue weighted by Gasteiger charge is 2.08. The molecule has 0 saturated heterocycles. The fourth-order valence-electron chi connectivity index (χ4n) is 2.07. The Labute approximate surface area is 108 Å². The summed E-state index contributed by atoms with van der Waals surface area (Å²) in [6.45, 7) is 3.12. The molecule has 2 rings (SSSR count). The van der Waals surface area contributed by atoms with E-state index < -0.39 is 0 Å². The third-order valence-corrected chi connectivity index (χ3v) is 3.15. The fourth-order valence-corrected chi connectivity index (χ4v) is 2.07. The Hall–Kier alpha value is -1.68. The normalized spacial score (nSPS) is 12.6. The van der Waals surface area contributed by atoms with E-state index in [2.05, 4.69) is 52.8 Å². The van der Waals surface area contributed by atoms with Gasteiger partial charge in [-0.2, -0.15) is 0 Å². The van der Waals surface area contributed by atoms with Crippen LogP contribution in [-0.4, -0.2) is 21.3 Å². The standard InChI is InChI=1S/C14H20N4/c1-3-13(12-7-5-4-6-8-12)15-10-9-14-17-16-11-18(14)2/h4-8,11,13,15H,3,9-10H2,1-2H3. The zero-order valence-corrected chi connectivity index (χ0v) is 11.0. The third-order valence-electron chi connectivity index (χ3n) is 3.15. The molecule has 18 heavy (non-hydrogen) atoms. The highest BCUT2D eigenvalue weighted by atomic mass is 15.2. The second-order valence-corrected chi connectivity index (χ2v) is 4.43. The number of hydrogen-bond acceptors (Lipinski definition) is 3. The van der Waals surface area contributed by atoms with Gasteiger partial charge in [0.05, 0.1) is 0 Å². The molecule has 4 nitrogen and oxygen atoms in total. The molecule has 0 fully saturated rings. The van der Waals surface area contributed by atoms with Gasteiger partial charge in [0.1, 0.15) is 12.2 Å². The number of benzene rings is 1. The van der Waals surface area contributed by atoms with Gasteiger partial charge in [-0.1, -0.05) is 37.3 Å². The van der Waals surface area contributed by atoms with Gasteiger partial charge in [0.15, 0.2) is 0 Å². The molecule has 0 spiro atoms. The van der Waals surface area contributed by atoms with E-state index in [0.29, 0.717) is 6.04 Å². The van der Waals surface area contributed by atoms with Crippen molar-refractivity contribution in [2.24, 2.45) is 7.05 Å². The minimum absolute atomic E-state index is 0.416. The summed E-state index contributed by atoms with van der Waals surface area (Å²) in [5.74, 6) is 1.02. The van der Waals surface area contributed by atoms with Crippen molar-refractivity contribution in [3.8, 4) is 0 Å². The van der Waals surface area contributed by atoms with Crippen molar-refractivity contribution in [1.29, 1.82) is 0 Å². The predicted molar refractivity (Wildman–Crippen MR) is 72.2 cm³/mol. The van der Waals surface area contributed by atoms with E-state index in [1.165, 1.54) is 5.56 Å². The number of aromatic nitrogens is 3. The first-order valence-electron chi connectivity index (χ1n) is 6.42. The first-order chi connectivity index (χ1) is 8.81. The lowest BCUT2D eigenvalue weighted by atomic mass is 10.0. The monoisotopic (exact) mass is 244 g/mol. The average Bonchev–Trinajstić information content (AvgIpc) is 2.81. The summed E-state index contributed by atoms with van der Waals surface area (Å²) in [4.78, 5) is 0. The molecule has 0 aliphatic rings. The molecule has 0 aliphatic heterocycles. The van der Waals surface area contributed by atoms with E-state index in [-0.39, 0.29) is 0 Å². The van der Waals surface area contributed by atoms with Gasteiger partial charge in [0.2, 0.25) is 0 Å². The number of rotatable bonds is 6. The van der Waals surface area contributed by atoms with Gasteiger partial charge in [-0.25, -0.2) is 0 Å². The van der Waals surface area contributed by atoms with Crippen molar-refractivity contribution in [3.63, 3.8) is 0 Å². The van der Waals surface area contributed by atoms with Gasteiger partial charge in [0, 0.05) is 26.1 Å². The first kappa shape index (κ1) is 12.8. The predicted octanol–water partition coefficient (Wildman–Crippen LogP) is 2.10. The summed E-state index contributed by atoms with van der Waals surface area (Å²) in [5, 5.41) is 11.5. The van der Waals surface area contributed by atoms with Crippen LogP contribution in [0.5, 0.6) is 0 Å². The number of aryl methyl sites for hydroxylation is 1. The highest BCUT2D eigenvalue weighted by molar-refractivity contribution is 5.18. The van der Waals surface area contributed by atoms with Gasteiger partial charge in [-0.15, -0.1) is 10.2 Å². The molecule has 1 N–H and O–H groups in total. The van der Waals surface area contributed by atoms with Crippen LogP contribution >= 0.6 is 0 Å². The second kappa shape index (κ2) is 6.31. The van der Waals surface area contributed by atoms with E-state index in [1.54, 1.807) is 6.33 Å². The summed E-state index contributed by atoms with van der Waals surface area (Å²) in [5.41, 5.74) is 1.35. The zero-order valence-electron chi connectivity index (χ0n) is 11.0. The Morgan fingerprint density at radius 2 is 2.06 bits per heavy atom. The molecule has 1 heterocycles. The Morgan fingerprint density at radius 1 is 1.28 bits per heavy atom. The van der Waals surface area contributed by atoms with Crippen LogP contribution in [0.15, 0.2) is 36.7 Å². The minimum Gasteiger partial charge on any atom is -0.321 e. The maximum atomic E-state index is 4.08. The summed E-state index contributed by atoms with van der Waals surface area (Å²) < 4.78 is 1.96. The molecule has 96 valence electrons. The van der Waals surface area contributed by atoms with E-state index >= 15 is 0 Å². The van der Waals surface area contributed by atoms with Crippen LogP contribution in [0.25, 0.3) is 0 Å². The van der Waals surface area contributed by atoms with Crippen LogP contribution in [-0.2, 0) is 13.5 Å². The lowest BCUT2D eigenvalue weighted by Crippen LogP contribution is -2.24. The summed E-state index contributed by atoms with van der Waals surface area (Å²) in [6, 6.07) is 11.0. The molecule has 0 aliphatic carbocycles. The maximum absolute atomic E-state index is 4.08. The average molecular weight is 244 g/mol. The Bertz CT molecular complexity index is 464. The molecule has 0 radical (unpaired) electrons. The van der Waals surface area contributed by atoms with Gasteiger partial charge in [-0.05, 0) is 12.0 Å².